The minimum absolute atomic E-state index is 0.163. The Kier molecular flexibility index (Phi) is 7.34. The quantitative estimate of drug-likeness (QED) is 0.506. The number of esters is 1. The second kappa shape index (κ2) is 9.28. The van der Waals surface area contributed by atoms with Gasteiger partial charge in [0, 0.05) is 0 Å². The highest BCUT2D eigenvalue weighted by molar-refractivity contribution is 7.75. The Morgan fingerprint density at radius 3 is 2.35 bits per heavy atom. The first-order chi connectivity index (χ1) is 12.3. The normalized spacial score (nSPS) is 18.6. The predicted octanol–water partition coefficient (Wildman–Crippen LogP) is 3.44. The molecular formula is C19H26O6S. The van der Waals surface area contributed by atoms with Gasteiger partial charge in [0.05, 0.1) is 6.61 Å². The first-order valence-electron chi connectivity index (χ1n) is 8.83. The molecule has 0 bridgehead atoms. The molecule has 0 spiro atoms. The molecule has 0 saturated heterocycles. The topological polar surface area (TPSA) is 78.9 Å². The molecule has 0 N–H and O–H groups in total. The van der Waals surface area contributed by atoms with E-state index in [2.05, 4.69) is 0 Å². The fourth-order valence-corrected chi connectivity index (χ4v) is 3.28. The highest BCUT2D eigenvalue weighted by atomic mass is 32.2. The van der Waals surface area contributed by atoms with E-state index >= 15 is 0 Å². The van der Waals surface area contributed by atoms with E-state index in [1.807, 2.05) is 19.1 Å². The largest absolute Gasteiger partial charge is 0.462 e. The molecule has 0 heterocycles. The maximum atomic E-state index is 12.5. The minimum Gasteiger partial charge on any atom is -0.462 e. The van der Waals surface area contributed by atoms with E-state index in [4.69, 9.17) is 13.1 Å². The van der Waals surface area contributed by atoms with Gasteiger partial charge in [-0.05, 0) is 58.6 Å². The Bertz CT molecular complexity index is 650. The lowest BCUT2D eigenvalue weighted by Crippen LogP contribution is -2.43. The Hall–Kier alpha value is -1.73. The van der Waals surface area contributed by atoms with E-state index in [-0.39, 0.29) is 12.7 Å². The number of ketones is 1. The SMILES string of the molecule is CC(=O)C(C)(COS(=O)Oc1ccc(C)cc1)C(=O)OC1CCCCC1. The van der Waals surface area contributed by atoms with Crippen molar-refractivity contribution in [2.45, 2.75) is 59.0 Å². The molecular weight excluding hydrogens is 356 g/mol. The molecule has 26 heavy (non-hydrogen) atoms. The fourth-order valence-electron chi connectivity index (χ4n) is 2.63. The fraction of sp³-hybridized carbons (Fsp3) is 0.579. The van der Waals surface area contributed by atoms with Crippen molar-refractivity contribution in [1.29, 1.82) is 0 Å². The van der Waals surface area contributed by atoms with Crippen molar-refractivity contribution in [1.82, 2.24) is 0 Å². The van der Waals surface area contributed by atoms with E-state index in [0.717, 1.165) is 37.7 Å². The van der Waals surface area contributed by atoms with Crippen LogP contribution in [0.1, 0.15) is 51.5 Å². The third kappa shape index (κ3) is 5.64. The number of benzene rings is 1. The number of rotatable bonds is 8. The van der Waals surface area contributed by atoms with Gasteiger partial charge in [-0.3, -0.25) is 13.8 Å². The van der Waals surface area contributed by atoms with Crippen LogP contribution in [0.5, 0.6) is 5.75 Å². The van der Waals surface area contributed by atoms with Gasteiger partial charge in [-0.2, -0.15) is 4.21 Å². The van der Waals surface area contributed by atoms with Gasteiger partial charge >= 0.3 is 17.3 Å². The first kappa shape index (κ1) is 20.6. The molecule has 1 saturated carbocycles. The summed E-state index contributed by atoms with van der Waals surface area (Å²) in [6, 6.07) is 6.96. The molecule has 1 fully saturated rings. The van der Waals surface area contributed by atoms with Crippen molar-refractivity contribution in [2.24, 2.45) is 5.41 Å². The van der Waals surface area contributed by atoms with Gasteiger partial charge in [0.2, 0.25) is 0 Å². The summed E-state index contributed by atoms with van der Waals surface area (Å²) in [4.78, 5) is 24.6. The molecule has 0 aromatic heterocycles. The highest BCUT2D eigenvalue weighted by Gasteiger charge is 2.42. The summed E-state index contributed by atoms with van der Waals surface area (Å²) >= 11 is -2.12. The second-order valence-corrected chi connectivity index (χ2v) is 7.73. The van der Waals surface area contributed by atoms with Gasteiger partial charge in [-0.25, -0.2) is 0 Å². The molecule has 2 unspecified atom stereocenters. The Balaban J connectivity index is 1.92. The summed E-state index contributed by atoms with van der Waals surface area (Å²) < 4.78 is 27.8. The van der Waals surface area contributed by atoms with Crippen LogP contribution in [0.25, 0.3) is 0 Å². The van der Waals surface area contributed by atoms with E-state index in [1.54, 1.807) is 12.1 Å². The van der Waals surface area contributed by atoms with Crippen LogP contribution in [0.4, 0.5) is 0 Å². The van der Waals surface area contributed by atoms with Crippen LogP contribution >= 0.6 is 0 Å². The molecule has 1 aliphatic carbocycles. The molecule has 0 amide bonds. The molecule has 0 aliphatic heterocycles. The predicted molar refractivity (Wildman–Crippen MR) is 97.7 cm³/mol. The molecule has 0 radical (unpaired) electrons. The maximum Gasteiger partial charge on any atom is 0.360 e. The number of carbonyl (C=O) groups excluding carboxylic acids is 2. The van der Waals surface area contributed by atoms with Crippen LogP contribution in [-0.4, -0.2) is 28.7 Å². The average molecular weight is 382 g/mol. The van der Waals surface area contributed by atoms with Gasteiger partial charge in [-0.1, -0.05) is 24.1 Å². The van der Waals surface area contributed by atoms with Crippen molar-refractivity contribution in [2.75, 3.05) is 6.61 Å². The molecule has 2 atom stereocenters. The second-order valence-electron chi connectivity index (χ2n) is 6.92. The van der Waals surface area contributed by atoms with E-state index in [9.17, 15) is 13.8 Å². The molecule has 1 aliphatic rings. The zero-order chi connectivity index (χ0) is 19.2. The summed E-state index contributed by atoms with van der Waals surface area (Å²) in [5.41, 5.74) is -0.470. The minimum atomic E-state index is -2.12. The summed E-state index contributed by atoms with van der Waals surface area (Å²) in [6.45, 7) is 4.30. The molecule has 2 rings (SSSR count). The standard InChI is InChI=1S/C19H26O6S/c1-14-9-11-17(12-10-14)25-26(22)23-13-19(3,15(2)20)18(21)24-16-7-5-4-6-8-16/h9-12,16H,4-8,13H2,1-3H3. The number of aryl methyl sites for hydroxylation is 1. The number of ether oxygens (including phenoxy) is 1. The van der Waals surface area contributed by atoms with Crippen molar-refractivity contribution < 1.29 is 26.9 Å². The number of hydrogen-bond donors (Lipinski definition) is 0. The zero-order valence-corrected chi connectivity index (χ0v) is 16.3. The Labute approximate surface area is 157 Å². The van der Waals surface area contributed by atoms with Crippen LogP contribution in [0, 0.1) is 12.3 Å². The van der Waals surface area contributed by atoms with Gasteiger partial charge in [0.25, 0.3) is 0 Å². The van der Waals surface area contributed by atoms with Gasteiger partial charge in [-0.15, -0.1) is 0 Å². The highest BCUT2D eigenvalue weighted by Crippen LogP contribution is 2.27. The number of carbonyl (C=O) groups is 2. The molecule has 7 heteroatoms. The van der Waals surface area contributed by atoms with E-state index < -0.39 is 28.5 Å². The van der Waals surface area contributed by atoms with Crippen LogP contribution in [-0.2, 0) is 29.9 Å². The Morgan fingerprint density at radius 2 is 1.77 bits per heavy atom. The number of Topliss-reactive ketones (excluding diaryl/α,β-unsaturated/α-hetero) is 1. The van der Waals surface area contributed by atoms with Crippen molar-refractivity contribution in [3.05, 3.63) is 29.8 Å². The monoisotopic (exact) mass is 382 g/mol. The smallest absolute Gasteiger partial charge is 0.360 e. The molecule has 1 aromatic carbocycles. The van der Waals surface area contributed by atoms with Crippen molar-refractivity contribution in [3.8, 4) is 5.75 Å². The van der Waals surface area contributed by atoms with Crippen LogP contribution in [0.3, 0.4) is 0 Å². The van der Waals surface area contributed by atoms with Crippen LogP contribution < -0.4 is 4.18 Å². The van der Waals surface area contributed by atoms with Gasteiger partial charge in [0.1, 0.15) is 23.1 Å². The maximum absolute atomic E-state index is 12.5. The molecule has 6 nitrogen and oxygen atoms in total. The van der Waals surface area contributed by atoms with Crippen LogP contribution in [0.2, 0.25) is 0 Å². The van der Waals surface area contributed by atoms with Gasteiger partial charge in [0.15, 0.2) is 0 Å². The Morgan fingerprint density at radius 1 is 1.15 bits per heavy atom. The number of hydrogen-bond acceptors (Lipinski definition) is 6. The summed E-state index contributed by atoms with van der Waals surface area (Å²) in [7, 11) is 0. The third-order valence-corrected chi connectivity index (χ3v) is 5.32. The third-order valence-electron chi connectivity index (χ3n) is 4.68. The van der Waals surface area contributed by atoms with Crippen molar-refractivity contribution in [3.63, 3.8) is 0 Å². The lowest BCUT2D eigenvalue weighted by molar-refractivity contribution is -0.166. The van der Waals surface area contributed by atoms with Gasteiger partial charge < -0.3 is 8.92 Å². The molecule has 144 valence electrons. The summed E-state index contributed by atoms with van der Waals surface area (Å²) in [5, 5.41) is 0. The first-order valence-corrected chi connectivity index (χ1v) is 9.83. The lowest BCUT2D eigenvalue weighted by Gasteiger charge is -2.28. The lowest BCUT2D eigenvalue weighted by atomic mass is 9.87. The van der Waals surface area contributed by atoms with Crippen LogP contribution in [0.15, 0.2) is 24.3 Å². The van der Waals surface area contributed by atoms with Crippen molar-refractivity contribution >= 4 is 23.1 Å². The van der Waals surface area contributed by atoms with E-state index in [0.29, 0.717) is 5.75 Å². The van der Waals surface area contributed by atoms with E-state index in [1.165, 1.54) is 13.8 Å². The molecule has 1 aromatic rings. The average Bonchev–Trinajstić information content (AvgIpc) is 2.62. The zero-order valence-electron chi connectivity index (χ0n) is 15.5. The summed E-state index contributed by atoms with van der Waals surface area (Å²) in [6.07, 6.45) is 4.62. The summed E-state index contributed by atoms with van der Waals surface area (Å²) in [5.74, 6) is -0.655.